The lowest BCUT2D eigenvalue weighted by atomic mass is 10.2. The third kappa shape index (κ3) is 6.27. The Morgan fingerprint density at radius 2 is 1.73 bits per heavy atom. The van der Waals surface area contributed by atoms with Crippen LogP contribution in [0, 0.1) is 0 Å². The average molecular weight is 472 g/mol. The summed E-state index contributed by atoms with van der Waals surface area (Å²) in [7, 11) is 3.60. The number of hydrogen-bond acceptors (Lipinski definition) is 9. The van der Waals surface area contributed by atoms with Gasteiger partial charge in [0.15, 0.2) is 5.16 Å². The van der Waals surface area contributed by atoms with Gasteiger partial charge in [0.05, 0.1) is 19.8 Å². The molecule has 1 N–H and O–H groups in total. The van der Waals surface area contributed by atoms with Gasteiger partial charge in [-0.05, 0) is 30.5 Å². The van der Waals surface area contributed by atoms with E-state index in [1.54, 1.807) is 19.0 Å². The van der Waals surface area contributed by atoms with Gasteiger partial charge in [-0.25, -0.2) is 9.97 Å². The largest absolute Gasteiger partial charge is 0.378 e. The Kier molecular flexibility index (Phi) is 7.89. The molecule has 2 aliphatic heterocycles. The zero-order valence-corrected chi connectivity index (χ0v) is 20.5. The van der Waals surface area contributed by atoms with Crippen LogP contribution in [0.4, 0.5) is 23.0 Å². The third-order valence-corrected chi connectivity index (χ3v) is 6.49. The molecule has 2 fully saturated rings. The van der Waals surface area contributed by atoms with Gasteiger partial charge in [0.1, 0.15) is 11.6 Å². The van der Waals surface area contributed by atoms with Crippen molar-refractivity contribution < 1.29 is 9.53 Å². The van der Waals surface area contributed by atoms with E-state index < -0.39 is 0 Å². The minimum atomic E-state index is 0.140. The van der Waals surface area contributed by atoms with Crippen molar-refractivity contribution in [2.45, 2.75) is 5.16 Å². The molecule has 0 saturated carbocycles. The Morgan fingerprint density at radius 3 is 2.36 bits per heavy atom. The molecule has 0 unspecified atom stereocenters. The van der Waals surface area contributed by atoms with Crippen LogP contribution in [0.2, 0.25) is 0 Å². The van der Waals surface area contributed by atoms with Crippen molar-refractivity contribution in [3.8, 4) is 0 Å². The second kappa shape index (κ2) is 11.0. The summed E-state index contributed by atoms with van der Waals surface area (Å²) in [6.45, 7) is 7.22. The lowest BCUT2D eigenvalue weighted by Gasteiger charge is -2.35. The highest BCUT2D eigenvalue weighted by atomic mass is 32.2. The van der Waals surface area contributed by atoms with Gasteiger partial charge >= 0.3 is 0 Å². The number of ether oxygens (including phenoxy) is 1. The van der Waals surface area contributed by atoms with Gasteiger partial charge < -0.3 is 24.8 Å². The maximum atomic E-state index is 12.0. The number of piperazine rings is 1. The molecule has 2 saturated heterocycles. The Morgan fingerprint density at radius 1 is 1.03 bits per heavy atom. The topological polar surface area (TPSA) is 77.1 Å². The second-order valence-corrected chi connectivity index (χ2v) is 9.19. The van der Waals surface area contributed by atoms with Crippen LogP contribution in [0.3, 0.4) is 0 Å². The molecular weight excluding hydrogens is 438 g/mol. The smallest absolute Gasteiger partial charge is 0.236 e. The number of anilines is 4. The Balaban J connectivity index is 1.40. The summed E-state index contributed by atoms with van der Waals surface area (Å²) < 4.78 is 5.45. The summed E-state index contributed by atoms with van der Waals surface area (Å²) in [6, 6.07) is 10.5. The van der Waals surface area contributed by atoms with Gasteiger partial charge in [-0.2, -0.15) is 0 Å². The molecule has 9 nitrogen and oxygen atoms in total. The second-order valence-electron chi connectivity index (χ2n) is 8.42. The fourth-order valence-corrected chi connectivity index (χ4v) is 4.30. The summed E-state index contributed by atoms with van der Waals surface area (Å²) in [5.74, 6) is 1.84. The standard InChI is InChI=1S/C23H33N7O2S/c1-27(2)22(31)17-28-8-10-30(11-9-28)21-16-20(25-23(26-21)33-3)24-18-4-6-19(7-5-18)29-12-14-32-15-13-29/h4-7,16H,8-15,17H2,1-3H3,(H,24,25,26). The Hall–Kier alpha value is -2.56. The van der Waals surface area contributed by atoms with Crippen molar-refractivity contribution >= 4 is 40.7 Å². The molecule has 2 aliphatic rings. The molecule has 1 aromatic heterocycles. The number of amides is 1. The molecule has 0 aliphatic carbocycles. The molecule has 0 spiro atoms. The minimum Gasteiger partial charge on any atom is -0.378 e. The maximum Gasteiger partial charge on any atom is 0.236 e. The molecule has 3 heterocycles. The molecule has 2 aromatic rings. The van der Waals surface area contributed by atoms with Gasteiger partial charge in [0.25, 0.3) is 0 Å². The predicted octanol–water partition coefficient (Wildman–Crippen LogP) is 1.99. The first-order valence-electron chi connectivity index (χ1n) is 11.3. The molecule has 1 aromatic carbocycles. The molecule has 10 heteroatoms. The fraction of sp³-hybridized carbons (Fsp3) is 0.522. The highest BCUT2D eigenvalue weighted by Gasteiger charge is 2.21. The molecule has 1 amide bonds. The first-order valence-corrected chi connectivity index (χ1v) is 12.5. The molecule has 178 valence electrons. The number of morpholine rings is 1. The molecular formula is C23H33N7O2S. The summed E-state index contributed by atoms with van der Waals surface area (Å²) in [6.07, 6.45) is 1.99. The Bertz CT molecular complexity index is 927. The summed E-state index contributed by atoms with van der Waals surface area (Å²) in [5.41, 5.74) is 2.21. The van der Waals surface area contributed by atoms with Gasteiger partial charge in [-0.1, -0.05) is 11.8 Å². The van der Waals surface area contributed by atoms with Gasteiger partial charge in [-0.15, -0.1) is 0 Å². The summed E-state index contributed by atoms with van der Waals surface area (Å²) in [5, 5.41) is 4.18. The number of thioether (sulfide) groups is 1. The van der Waals surface area contributed by atoms with E-state index in [0.29, 0.717) is 6.54 Å². The molecule has 0 atom stereocenters. The average Bonchev–Trinajstić information content (AvgIpc) is 2.85. The fourth-order valence-electron chi connectivity index (χ4n) is 3.92. The van der Waals surface area contributed by atoms with E-state index in [0.717, 1.165) is 75.0 Å². The zero-order valence-electron chi connectivity index (χ0n) is 19.7. The van der Waals surface area contributed by atoms with E-state index in [-0.39, 0.29) is 5.91 Å². The quantitative estimate of drug-likeness (QED) is 0.482. The lowest BCUT2D eigenvalue weighted by molar-refractivity contribution is -0.129. The first kappa shape index (κ1) is 23.6. The van der Waals surface area contributed by atoms with Crippen LogP contribution >= 0.6 is 11.8 Å². The van der Waals surface area contributed by atoms with Crippen molar-refractivity contribution in [2.75, 3.05) is 94.5 Å². The van der Waals surface area contributed by atoms with Crippen LogP contribution in [0.1, 0.15) is 0 Å². The van der Waals surface area contributed by atoms with Crippen LogP contribution in [0.5, 0.6) is 0 Å². The number of hydrogen-bond donors (Lipinski definition) is 1. The number of carbonyl (C=O) groups excluding carboxylic acids is 1. The minimum absolute atomic E-state index is 0.140. The number of rotatable bonds is 7. The predicted molar refractivity (Wildman–Crippen MR) is 134 cm³/mol. The lowest BCUT2D eigenvalue weighted by Crippen LogP contribution is -2.49. The van der Waals surface area contributed by atoms with E-state index in [1.807, 2.05) is 12.3 Å². The number of carbonyl (C=O) groups is 1. The first-order chi connectivity index (χ1) is 16.0. The highest BCUT2D eigenvalue weighted by molar-refractivity contribution is 7.98. The SMILES string of the molecule is CSc1nc(Nc2ccc(N3CCOCC3)cc2)cc(N2CCN(CC(=O)N(C)C)CC2)n1. The van der Waals surface area contributed by atoms with Gasteiger partial charge in [-0.3, -0.25) is 9.69 Å². The van der Waals surface area contributed by atoms with Crippen molar-refractivity contribution in [3.05, 3.63) is 30.3 Å². The van der Waals surface area contributed by atoms with Crippen molar-refractivity contribution in [3.63, 3.8) is 0 Å². The van der Waals surface area contributed by atoms with E-state index in [4.69, 9.17) is 9.72 Å². The number of nitrogens with one attached hydrogen (secondary N) is 1. The van der Waals surface area contributed by atoms with E-state index in [2.05, 4.69) is 49.3 Å². The summed E-state index contributed by atoms with van der Waals surface area (Å²) in [4.78, 5) is 29.8. The molecule has 0 radical (unpaired) electrons. The normalized spacial score (nSPS) is 17.2. The van der Waals surface area contributed by atoms with Crippen LogP contribution in [-0.2, 0) is 9.53 Å². The van der Waals surface area contributed by atoms with Crippen LogP contribution in [0.25, 0.3) is 0 Å². The zero-order chi connectivity index (χ0) is 23.2. The van der Waals surface area contributed by atoms with Crippen LogP contribution in [-0.4, -0.2) is 105 Å². The maximum absolute atomic E-state index is 12.0. The van der Waals surface area contributed by atoms with Crippen molar-refractivity contribution in [1.29, 1.82) is 0 Å². The Labute approximate surface area is 200 Å². The summed E-state index contributed by atoms with van der Waals surface area (Å²) >= 11 is 1.54. The van der Waals surface area contributed by atoms with Crippen molar-refractivity contribution in [2.24, 2.45) is 0 Å². The third-order valence-electron chi connectivity index (χ3n) is 5.94. The molecule has 4 rings (SSSR count). The van der Waals surface area contributed by atoms with Crippen molar-refractivity contribution in [1.82, 2.24) is 19.8 Å². The molecule has 33 heavy (non-hydrogen) atoms. The van der Waals surface area contributed by atoms with E-state index in [9.17, 15) is 4.79 Å². The van der Waals surface area contributed by atoms with E-state index >= 15 is 0 Å². The highest BCUT2D eigenvalue weighted by Crippen LogP contribution is 2.25. The number of benzene rings is 1. The van der Waals surface area contributed by atoms with Gasteiger partial charge in [0.2, 0.25) is 5.91 Å². The van der Waals surface area contributed by atoms with Crippen LogP contribution < -0.4 is 15.1 Å². The number of nitrogens with zero attached hydrogens (tertiary/aromatic N) is 6. The number of aromatic nitrogens is 2. The van der Waals surface area contributed by atoms with E-state index in [1.165, 1.54) is 17.4 Å². The molecule has 0 bridgehead atoms. The monoisotopic (exact) mass is 471 g/mol. The van der Waals surface area contributed by atoms with Gasteiger partial charge in [0, 0.05) is 70.8 Å². The number of likely N-dealkylation sites (N-methyl/N-ethyl adjacent to an activating group) is 1. The van der Waals surface area contributed by atoms with Crippen LogP contribution in [0.15, 0.2) is 35.5 Å².